The Morgan fingerprint density at radius 2 is 1.41 bits per heavy atom. The maximum Gasteiger partial charge on any atom is 0.115 e. The van der Waals surface area contributed by atoms with Gasteiger partial charge in [-0.3, -0.25) is 9.36 Å². The molecular weight excluding hydrogens is 383 g/mol. The molecule has 138 valence electrons. The standard InChI is InChI=1S/C19H18Cl2N6/c1-11-13(9-25(3)22-11)18-17(21)19(14-10-26(4)23-12(14)2)27(24-18)16-8-6-5-7-15(16)20/h5-10H,1-4H3. The molecular formula is C19H18Cl2N6. The van der Waals surface area contributed by atoms with Gasteiger partial charge in [0.15, 0.2) is 0 Å². The smallest absolute Gasteiger partial charge is 0.115 e. The Labute approximate surface area is 166 Å². The number of nitrogens with zero attached hydrogens (tertiary/aromatic N) is 6. The summed E-state index contributed by atoms with van der Waals surface area (Å²) < 4.78 is 5.31. The van der Waals surface area contributed by atoms with Gasteiger partial charge in [-0.2, -0.15) is 15.3 Å². The first-order chi connectivity index (χ1) is 12.9. The van der Waals surface area contributed by atoms with Gasteiger partial charge in [-0.05, 0) is 26.0 Å². The van der Waals surface area contributed by atoms with Crippen molar-refractivity contribution in [1.29, 1.82) is 0 Å². The van der Waals surface area contributed by atoms with Crippen LogP contribution in [-0.4, -0.2) is 29.3 Å². The van der Waals surface area contributed by atoms with Crippen LogP contribution in [0.25, 0.3) is 28.2 Å². The summed E-state index contributed by atoms with van der Waals surface area (Å²) in [6.45, 7) is 3.89. The van der Waals surface area contributed by atoms with E-state index in [1.54, 1.807) is 14.0 Å². The van der Waals surface area contributed by atoms with E-state index in [-0.39, 0.29) is 0 Å². The largest absolute Gasteiger partial charge is 0.275 e. The van der Waals surface area contributed by atoms with Crippen molar-refractivity contribution in [2.24, 2.45) is 14.1 Å². The lowest BCUT2D eigenvalue weighted by atomic mass is 10.1. The van der Waals surface area contributed by atoms with Crippen LogP contribution in [0.4, 0.5) is 0 Å². The highest BCUT2D eigenvalue weighted by Crippen LogP contribution is 2.40. The van der Waals surface area contributed by atoms with E-state index in [9.17, 15) is 0 Å². The number of halogens is 2. The van der Waals surface area contributed by atoms with Gasteiger partial charge in [0, 0.05) is 37.6 Å². The van der Waals surface area contributed by atoms with E-state index in [0.29, 0.717) is 15.7 Å². The zero-order chi connectivity index (χ0) is 19.3. The Morgan fingerprint density at radius 1 is 0.815 bits per heavy atom. The van der Waals surface area contributed by atoms with Gasteiger partial charge in [0.25, 0.3) is 0 Å². The van der Waals surface area contributed by atoms with Crippen LogP contribution in [0.5, 0.6) is 0 Å². The van der Waals surface area contributed by atoms with Crippen LogP contribution in [0.2, 0.25) is 10.0 Å². The Balaban J connectivity index is 2.05. The van der Waals surface area contributed by atoms with Crippen molar-refractivity contribution in [2.45, 2.75) is 13.8 Å². The van der Waals surface area contributed by atoms with Crippen LogP contribution >= 0.6 is 23.2 Å². The molecule has 0 aliphatic rings. The van der Waals surface area contributed by atoms with Crippen molar-refractivity contribution in [3.8, 4) is 28.2 Å². The fraction of sp³-hybridized carbons (Fsp3) is 0.211. The van der Waals surface area contributed by atoms with E-state index >= 15 is 0 Å². The summed E-state index contributed by atoms with van der Waals surface area (Å²) in [5.41, 5.74) is 5.69. The van der Waals surface area contributed by atoms with Gasteiger partial charge >= 0.3 is 0 Å². The van der Waals surface area contributed by atoms with Crippen molar-refractivity contribution < 1.29 is 0 Å². The van der Waals surface area contributed by atoms with Gasteiger partial charge in [0.05, 0.1) is 32.8 Å². The minimum atomic E-state index is 0.544. The fourth-order valence-corrected chi connectivity index (χ4v) is 3.80. The van der Waals surface area contributed by atoms with Crippen LogP contribution < -0.4 is 0 Å². The maximum absolute atomic E-state index is 6.86. The summed E-state index contributed by atoms with van der Waals surface area (Å²) >= 11 is 13.3. The van der Waals surface area contributed by atoms with Crippen LogP contribution in [-0.2, 0) is 14.1 Å². The lowest BCUT2D eigenvalue weighted by molar-refractivity contribution is 0.756. The average Bonchev–Trinajstić information content (AvgIpc) is 3.23. The Morgan fingerprint density at radius 3 is 1.96 bits per heavy atom. The Hall–Kier alpha value is -2.57. The van der Waals surface area contributed by atoms with Gasteiger partial charge in [-0.25, -0.2) is 4.68 Å². The summed E-state index contributed by atoms with van der Waals surface area (Å²) in [7, 11) is 3.76. The molecule has 0 saturated heterocycles. The Kier molecular flexibility index (Phi) is 4.32. The first kappa shape index (κ1) is 17.8. The molecule has 0 bridgehead atoms. The third-order valence-electron chi connectivity index (χ3n) is 4.45. The summed E-state index contributed by atoms with van der Waals surface area (Å²) in [6.07, 6.45) is 3.85. The predicted molar refractivity (Wildman–Crippen MR) is 107 cm³/mol. The van der Waals surface area contributed by atoms with Crippen molar-refractivity contribution in [2.75, 3.05) is 0 Å². The molecule has 0 fully saturated rings. The van der Waals surface area contributed by atoms with E-state index < -0.39 is 0 Å². The summed E-state index contributed by atoms with van der Waals surface area (Å²) in [5, 5.41) is 14.8. The molecule has 27 heavy (non-hydrogen) atoms. The first-order valence-corrected chi connectivity index (χ1v) is 9.17. The van der Waals surface area contributed by atoms with E-state index in [0.717, 1.165) is 33.9 Å². The zero-order valence-corrected chi connectivity index (χ0v) is 16.9. The number of hydrogen-bond acceptors (Lipinski definition) is 3. The zero-order valence-electron chi connectivity index (χ0n) is 15.4. The number of para-hydroxylation sites is 1. The minimum absolute atomic E-state index is 0.544. The van der Waals surface area contributed by atoms with Crippen LogP contribution in [0.1, 0.15) is 11.4 Å². The van der Waals surface area contributed by atoms with Gasteiger partial charge in [0.1, 0.15) is 5.69 Å². The molecule has 0 aliphatic carbocycles. The van der Waals surface area contributed by atoms with E-state index in [1.165, 1.54) is 0 Å². The molecule has 6 nitrogen and oxygen atoms in total. The number of aryl methyl sites for hydroxylation is 4. The van der Waals surface area contributed by atoms with E-state index in [4.69, 9.17) is 28.3 Å². The summed E-state index contributed by atoms with van der Waals surface area (Å²) in [6, 6.07) is 7.56. The monoisotopic (exact) mass is 400 g/mol. The van der Waals surface area contributed by atoms with Gasteiger partial charge in [-0.1, -0.05) is 35.3 Å². The quantitative estimate of drug-likeness (QED) is 0.504. The summed E-state index contributed by atoms with van der Waals surface area (Å²) in [4.78, 5) is 0. The highest BCUT2D eigenvalue weighted by atomic mass is 35.5. The molecule has 0 spiro atoms. The lowest BCUT2D eigenvalue weighted by Crippen LogP contribution is -2.00. The molecule has 0 N–H and O–H groups in total. The normalized spacial score (nSPS) is 11.3. The number of rotatable bonds is 3. The maximum atomic E-state index is 6.86. The topological polar surface area (TPSA) is 53.5 Å². The molecule has 1 aromatic carbocycles. The number of hydrogen-bond donors (Lipinski definition) is 0. The predicted octanol–water partition coefficient (Wildman–Crippen LogP) is 4.60. The van der Waals surface area contributed by atoms with E-state index in [2.05, 4.69) is 10.2 Å². The van der Waals surface area contributed by atoms with Crippen LogP contribution in [0, 0.1) is 13.8 Å². The fourth-order valence-electron chi connectivity index (χ4n) is 3.27. The molecule has 0 amide bonds. The second-order valence-corrected chi connectivity index (χ2v) is 7.26. The average molecular weight is 401 g/mol. The summed E-state index contributed by atoms with van der Waals surface area (Å²) in [5.74, 6) is 0. The minimum Gasteiger partial charge on any atom is -0.275 e. The molecule has 0 atom stereocenters. The first-order valence-electron chi connectivity index (χ1n) is 8.41. The second kappa shape index (κ2) is 6.55. The molecule has 4 aromatic rings. The molecule has 0 unspecified atom stereocenters. The molecule has 0 aliphatic heterocycles. The molecule has 3 aromatic heterocycles. The third-order valence-corrected chi connectivity index (χ3v) is 5.12. The van der Waals surface area contributed by atoms with Crippen molar-refractivity contribution >= 4 is 23.2 Å². The molecule has 0 radical (unpaired) electrons. The van der Waals surface area contributed by atoms with Crippen molar-refractivity contribution in [3.05, 3.63) is 58.1 Å². The van der Waals surface area contributed by atoms with Crippen molar-refractivity contribution in [1.82, 2.24) is 29.3 Å². The molecule has 3 heterocycles. The second-order valence-electron chi connectivity index (χ2n) is 6.48. The van der Waals surface area contributed by atoms with Crippen LogP contribution in [0.3, 0.4) is 0 Å². The van der Waals surface area contributed by atoms with Gasteiger partial charge in [0.2, 0.25) is 0 Å². The number of aromatic nitrogens is 6. The number of benzene rings is 1. The van der Waals surface area contributed by atoms with Gasteiger partial charge < -0.3 is 0 Å². The van der Waals surface area contributed by atoms with E-state index in [1.807, 2.05) is 64.6 Å². The third kappa shape index (κ3) is 2.95. The molecule has 0 saturated carbocycles. The Bertz CT molecular complexity index is 1150. The van der Waals surface area contributed by atoms with Gasteiger partial charge in [-0.15, -0.1) is 0 Å². The SMILES string of the molecule is Cc1nn(C)cc1-c1nn(-c2ccccc2Cl)c(-c2cn(C)nc2C)c1Cl. The highest BCUT2D eigenvalue weighted by Gasteiger charge is 2.25. The van der Waals surface area contributed by atoms with Crippen molar-refractivity contribution in [3.63, 3.8) is 0 Å². The molecule has 4 rings (SSSR count). The highest BCUT2D eigenvalue weighted by molar-refractivity contribution is 6.36. The lowest BCUT2D eigenvalue weighted by Gasteiger charge is -2.08. The molecule has 8 heteroatoms. The van der Waals surface area contributed by atoms with Crippen LogP contribution in [0.15, 0.2) is 36.7 Å².